The summed E-state index contributed by atoms with van der Waals surface area (Å²) in [6, 6.07) is 5.05. The molecule has 0 N–H and O–H groups in total. The van der Waals surface area contributed by atoms with Crippen molar-refractivity contribution in [3.8, 4) is 5.75 Å². The van der Waals surface area contributed by atoms with Gasteiger partial charge in [0.2, 0.25) is 0 Å². The zero-order chi connectivity index (χ0) is 9.84. The number of hydrogen-bond acceptors (Lipinski definition) is 1. The standard InChI is InChI=1S/C11H12FO/c1-4-8(2)9-6-5-7-10(13-3)11(9)12/h4-7H,1H2,2-3H3. The molecule has 0 fully saturated rings. The molecule has 0 bridgehead atoms. The zero-order valence-electron chi connectivity index (χ0n) is 7.80. The average molecular weight is 179 g/mol. The maximum absolute atomic E-state index is 13.5. The summed E-state index contributed by atoms with van der Waals surface area (Å²) >= 11 is 0. The second-order valence-electron chi connectivity index (χ2n) is 2.71. The van der Waals surface area contributed by atoms with Crippen molar-refractivity contribution in [2.45, 2.75) is 6.92 Å². The van der Waals surface area contributed by atoms with Crippen molar-refractivity contribution in [1.82, 2.24) is 0 Å². The highest BCUT2D eigenvalue weighted by molar-refractivity contribution is 5.41. The van der Waals surface area contributed by atoms with Crippen LogP contribution in [0.25, 0.3) is 0 Å². The van der Waals surface area contributed by atoms with Crippen molar-refractivity contribution in [1.29, 1.82) is 0 Å². The summed E-state index contributed by atoms with van der Waals surface area (Å²) in [7, 11) is 1.45. The fourth-order valence-corrected chi connectivity index (χ4v) is 1.08. The van der Waals surface area contributed by atoms with Crippen molar-refractivity contribution in [3.05, 3.63) is 48.2 Å². The first-order valence-corrected chi connectivity index (χ1v) is 3.99. The second kappa shape index (κ2) is 4.08. The van der Waals surface area contributed by atoms with Gasteiger partial charge in [-0.1, -0.05) is 25.1 Å². The molecular formula is C11H12FO. The molecule has 1 nitrogen and oxygen atoms in total. The van der Waals surface area contributed by atoms with Crippen LogP contribution in [0.15, 0.2) is 30.9 Å². The van der Waals surface area contributed by atoms with Crippen LogP contribution in [0.2, 0.25) is 0 Å². The van der Waals surface area contributed by atoms with Gasteiger partial charge in [0.25, 0.3) is 0 Å². The van der Waals surface area contributed by atoms with Gasteiger partial charge < -0.3 is 4.74 Å². The lowest BCUT2D eigenvalue weighted by atomic mass is 10.0. The number of ether oxygens (including phenoxy) is 1. The number of methoxy groups -OCH3 is 1. The highest BCUT2D eigenvalue weighted by Crippen LogP contribution is 2.25. The summed E-state index contributed by atoms with van der Waals surface area (Å²) in [5, 5.41) is 0. The molecule has 1 aromatic carbocycles. The lowest BCUT2D eigenvalue weighted by Crippen LogP contribution is -1.97. The first-order chi connectivity index (χ1) is 6.20. The van der Waals surface area contributed by atoms with Crippen LogP contribution in [0.3, 0.4) is 0 Å². The van der Waals surface area contributed by atoms with Crippen LogP contribution >= 0.6 is 0 Å². The second-order valence-corrected chi connectivity index (χ2v) is 2.71. The molecule has 0 saturated carbocycles. The van der Waals surface area contributed by atoms with Gasteiger partial charge in [-0.15, -0.1) is 6.58 Å². The Kier molecular flexibility index (Phi) is 3.07. The molecule has 1 aromatic rings. The highest BCUT2D eigenvalue weighted by atomic mass is 19.1. The van der Waals surface area contributed by atoms with Crippen LogP contribution in [0.5, 0.6) is 5.75 Å². The van der Waals surface area contributed by atoms with Crippen LogP contribution in [-0.2, 0) is 0 Å². The molecule has 0 unspecified atom stereocenters. The Balaban J connectivity index is 3.14. The van der Waals surface area contributed by atoms with E-state index in [1.165, 1.54) is 7.11 Å². The Labute approximate surface area is 77.8 Å². The zero-order valence-corrected chi connectivity index (χ0v) is 7.80. The predicted molar refractivity (Wildman–Crippen MR) is 51.2 cm³/mol. The molecule has 0 amide bonds. The Hall–Kier alpha value is -1.31. The third kappa shape index (κ3) is 1.89. The topological polar surface area (TPSA) is 9.23 Å². The van der Waals surface area contributed by atoms with Gasteiger partial charge in [0.1, 0.15) is 0 Å². The molecule has 0 spiro atoms. The van der Waals surface area contributed by atoms with Gasteiger partial charge in [-0.3, -0.25) is 0 Å². The quantitative estimate of drug-likeness (QED) is 0.693. The maximum Gasteiger partial charge on any atom is 0.169 e. The summed E-state index contributed by atoms with van der Waals surface area (Å²) in [4.78, 5) is 0. The summed E-state index contributed by atoms with van der Waals surface area (Å²) < 4.78 is 18.4. The van der Waals surface area contributed by atoms with E-state index in [9.17, 15) is 4.39 Å². The minimum absolute atomic E-state index is 0.263. The molecule has 0 heterocycles. The molecule has 0 aliphatic heterocycles. The summed E-state index contributed by atoms with van der Waals surface area (Å²) in [6.07, 6.45) is 1.62. The Morgan fingerprint density at radius 3 is 2.77 bits per heavy atom. The lowest BCUT2D eigenvalue weighted by molar-refractivity contribution is 0.385. The Bertz CT molecular complexity index is 307. The van der Waals surface area contributed by atoms with E-state index in [1.807, 2.05) is 6.92 Å². The summed E-state index contributed by atoms with van der Waals surface area (Å²) in [6.45, 7) is 5.40. The van der Waals surface area contributed by atoms with E-state index in [4.69, 9.17) is 4.74 Å². The monoisotopic (exact) mass is 179 g/mol. The Morgan fingerprint density at radius 1 is 1.54 bits per heavy atom. The van der Waals surface area contributed by atoms with Crippen molar-refractivity contribution in [2.75, 3.05) is 7.11 Å². The van der Waals surface area contributed by atoms with E-state index < -0.39 is 0 Å². The van der Waals surface area contributed by atoms with E-state index >= 15 is 0 Å². The third-order valence-corrected chi connectivity index (χ3v) is 1.91. The summed E-state index contributed by atoms with van der Waals surface area (Å²) in [5.74, 6) is 0.734. The predicted octanol–water partition coefficient (Wildman–Crippen LogP) is 2.96. The molecular weight excluding hydrogens is 167 g/mol. The van der Waals surface area contributed by atoms with Gasteiger partial charge in [0, 0.05) is 11.5 Å². The van der Waals surface area contributed by atoms with Crippen molar-refractivity contribution in [3.63, 3.8) is 0 Å². The van der Waals surface area contributed by atoms with Crippen LogP contribution in [0, 0.1) is 11.7 Å². The molecule has 0 aliphatic rings. The lowest BCUT2D eigenvalue weighted by Gasteiger charge is -2.09. The minimum Gasteiger partial charge on any atom is -0.494 e. The molecule has 0 saturated heterocycles. The van der Waals surface area contributed by atoms with Crippen LogP contribution in [0.4, 0.5) is 4.39 Å². The van der Waals surface area contributed by atoms with Crippen LogP contribution in [0.1, 0.15) is 12.5 Å². The SMILES string of the molecule is C=C[C](C)c1cccc(OC)c1F. The minimum atomic E-state index is -0.331. The maximum atomic E-state index is 13.5. The Morgan fingerprint density at radius 2 is 2.23 bits per heavy atom. The first kappa shape index (κ1) is 9.78. The summed E-state index contributed by atoms with van der Waals surface area (Å²) in [5.41, 5.74) is 0.536. The normalized spacial score (nSPS) is 10.2. The molecule has 2 heteroatoms. The van der Waals surface area contributed by atoms with Gasteiger partial charge in [0.15, 0.2) is 11.6 Å². The van der Waals surface area contributed by atoms with Crippen molar-refractivity contribution >= 4 is 0 Å². The van der Waals surface area contributed by atoms with E-state index in [2.05, 4.69) is 6.58 Å². The fraction of sp³-hybridized carbons (Fsp3) is 0.182. The number of benzene rings is 1. The number of rotatable bonds is 3. The third-order valence-electron chi connectivity index (χ3n) is 1.91. The number of allylic oxidation sites excluding steroid dienone is 1. The van der Waals surface area contributed by atoms with Gasteiger partial charge in [-0.2, -0.15) is 0 Å². The van der Waals surface area contributed by atoms with Crippen molar-refractivity contribution < 1.29 is 9.13 Å². The molecule has 1 radical (unpaired) electrons. The number of hydrogen-bond donors (Lipinski definition) is 0. The average Bonchev–Trinajstić information content (AvgIpc) is 2.17. The largest absolute Gasteiger partial charge is 0.494 e. The molecule has 1 rings (SSSR count). The smallest absolute Gasteiger partial charge is 0.169 e. The first-order valence-electron chi connectivity index (χ1n) is 3.99. The fourth-order valence-electron chi connectivity index (χ4n) is 1.08. The van der Waals surface area contributed by atoms with E-state index in [0.717, 1.165) is 5.92 Å². The van der Waals surface area contributed by atoms with Crippen LogP contribution in [-0.4, -0.2) is 7.11 Å². The van der Waals surface area contributed by atoms with Crippen LogP contribution < -0.4 is 4.74 Å². The van der Waals surface area contributed by atoms with Gasteiger partial charge >= 0.3 is 0 Å². The highest BCUT2D eigenvalue weighted by Gasteiger charge is 2.11. The molecule has 0 aromatic heterocycles. The molecule has 69 valence electrons. The van der Waals surface area contributed by atoms with Gasteiger partial charge in [0.05, 0.1) is 7.11 Å². The van der Waals surface area contributed by atoms with Gasteiger partial charge in [-0.25, -0.2) is 4.39 Å². The van der Waals surface area contributed by atoms with E-state index in [-0.39, 0.29) is 11.6 Å². The molecule has 0 aliphatic carbocycles. The number of halogens is 1. The van der Waals surface area contributed by atoms with Crippen molar-refractivity contribution in [2.24, 2.45) is 0 Å². The molecule has 13 heavy (non-hydrogen) atoms. The van der Waals surface area contributed by atoms with E-state index in [1.54, 1.807) is 24.3 Å². The van der Waals surface area contributed by atoms with Gasteiger partial charge in [-0.05, 0) is 6.07 Å². The molecule has 0 atom stereocenters. The van der Waals surface area contributed by atoms with E-state index in [0.29, 0.717) is 5.56 Å².